The number of ether oxygens (including phenoxy) is 2. The lowest BCUT2D eigenvalue weighted by Crippen LogP contribution is -2.37. The van der Waals surface area contributed by atoms with Crippen molar-refractivity contribution < 1.29 is 9.47 Å². The molecule has 22 heavy (non-hydrogen) atoms. The number of hydrogen-bond donors (Lipinski definition) is 2. The molecule has 0 aromatic heterocycles. The molecule has 0 saturated carbocycles. The molecule has 1 rings (SSSR count). The number of guanidine groups is 1. The minimum absolute atomic E-state index is 0.609. The average Bonchev–Trinajstić information content (AvgIpc) is 2.52. The van der Waals surface area contributed by atoms with Crippen molar-refractivity contribution in [2.24, 2.45) is 4.99 Å². The quantitative estimate of drug-likeness (QED) is 0.416. The zero-order valence-corrected chi connectivity index (χ0v) is 14.4. The van der Waals surface area contributed by atoms with Gasteiger partial charge in [0, 0.05) is 43.9 Å². The smallest absolute Gasteiger partial charge is 0.191 e. The van der Waals surface area contributed by atoms with E-state index in [9.17, 15) is 0 Å². The van der Waals surface area contributed by atoms with E-state index in [4.69, 9.17) is 21.1 Å². The van der Waals surface area contributed by atoms with Crippen molar-refractivity contribution in [2.75, 3.05) is 33.4 Å². The number of nitrogens with one attached hydrogen (secondary N) is 2. The molecule has 0 aliphatic heterocycles. The molecular weight excluding hydrogens is 302 g/mol. The average molecular weight is 328 g/mol. The molecule has 6 heteroatoms. The van der Waals surface area contributed by atoms with Gasteiger partial charge in [-0.05, 0) is 32.4 Å². The van der Waals surface area contributed by atoms with Crippen molar-refractivity contribution in [3.05, 3.63) is 28.8 Å². The van der Waals surface area contributed by atoms with E-state index in [1.807, 2.05) is 32.0 Å². The minimum atomic E-state index is 0.609. The first-order valence-electron chi connectivity index (χ1n) is 7.64. The van der Waals surface area contributed by atoms with Crippen molar-refractivity contribution in [1.29, 1.82) is 0 Å². The van der Waals surface area contributed by atoms with E-state index in [0.717, 1.165) is 43.5 Å². The fourth-order valence-electron chi connectivity index (χ4n) is 1.89. The number of aliphatic imine (C=N–C) groups is 1. The second kappa shape index (κ2) is 11.2. The van der Waals surface area contributed by atoms with Crippen LogP contribution in [0.3, 0.4) is 0 Å². The fraction of sp³-hybridized carbons (Fsp3) is 0.562. The SMILES string of the molecule is CCOCCCNC(=NC)NCc1ccc(Cl)cc1OCC. The first-order valence-corrected chi connectivity index (χ1v) is 8.02. The van der Waals surface area contributed by atoms with E-state index >= 15 is 0 Å². The number of benzene rings is 1. The van der Waals surface area contributed by atoms with Crippen LogP contribution < -0.4 is 15.4 Å². The van der Waals surface area contributed by atoms with Gasteiger partial charge in [-0.2, -0.15) is 0 Å². The first kappa shape index (κ1) is 18.6. The molecule has 0 spiro atoms. The molecule has 1 aromatic rings. The van der Waals surface area contributed by atoms with Gasteiger partial charge in [-0.15, -0.1) is 0 Å². The fourth-order valence-corrected chi connectivity index (χ4v) is 2.05. The van der Waals surface area contributed by atoms with E-state index in [1.165, 1.54) is 0 Å². The molecule has 0 heterocycles. The number of rotatable bonds is 9. The summed E-state index contributed by atoms with van der Waals surface area (Å²) in [5, 5.41) is 7.20. The van der Waals surface area contributed by atoms with Gasteiger partial charge < -0.3 is 20.1 Å². The molecule has 5 nitrogen and oxygen atoms in total. The molecule has 0 aliphatic carbocycles. The number of hydrogen-bond acceptors (Lipinski definition) is 3. The highest BCUT2D eigenvalue weighted by Gasteiger charge is 2.05. The second-order valence-corrected chi connectivity index (χ2v) is 5.02. The van der Waals surface area contributed by atoms with Crippen LogP contribution in [0, 0.1) is 0 Å². The molecule has 124 valence electrons. The van der Waals surface area contributed by atoms with Gasteiger partial charge in [0.25, 0.3) is 0 Å². The van der Waals surface area contributed by atoms with Gasteiger partial charge in [0.05, 0.1) is 6.61 Å². The van der Waals surface area contributed by atoms with Crippen LogP contribution in [0.4, 0.5) is 0 Å². The maximum Gasteiger partial charge on any atom is 0.191 e. The van der Waals surface area contributed by atoms with Crippen molar-refractivity contribution in [3.63, 3.8) is 0 Å². The normalized spacial score (nSPS) is 11.4. The summed E-state index contributed by atoms with van der Waals surface area (Å²) in [5.74, 6) is 1.56. The van der Waals surface area contributed by atoms with Gasteiger partial charge in [-0.1, -0.05) is 17.7 Å². The van der Waals surface area contributed by atoms with Crippen molar-refractivity contribution >= 4 is 17.6 Å². The summed E-state index contributed by atoms with van der Waals surface area (Å²) in [6.45, 7) is 7.51. The summed E-state index contributed by atoms with van der Waals surface area (Å²) >= 11 is 6.00. The predicted molar refractivity (Wildman–Crippen MR) is 91.9 cm³/mol. The Morgan fingerprint density at radius 3 is 2.73 bits per heavy atom. The second-order valence-electron chi connectivity index (χ2n) is 4.59. The maximum atomic E-state index is 6.00. The highest BCUT2D eigenvalue weighted by atomic mass is 35.5. The third-order valence-electron chi connectivity index (χ3n) is 2.96. The molecular formula is C16H26ClN3O2. The molecule has 2 N–H and O–H groups in total. The van der Waals surface area contributed by atoms with Gasteiger partial charge in [0.15, 0.2) is 5.96 Å². The molecule has 1 aromatic carbocycles. The third kappa shape index (κ3) is 7.00. The highest BCUT2D eigenvalue weighted by molar-refractivity contribution is 6.30. The minimum Gasteiger partial charge on any atom is -0.493 e. The summed E-state index contributed by atoms with van der Waals surface area (Å²) in [4.78, 5) is 4.20. The Labute approximate surface area is 138 Å². The topological polar surface area (TPSA) is 54.9 Å². The van der Waals surface area contributed by atoms with Gasteiger partial charge in [0.1, 0.15) is 5.75 Å². The molecule has 0 amide bonds. The standard InChI is InChI=1S/C16H26ClN3O2/c1-4-21-10-6-9-19-16(18-3)20-12-13-7-8-14(17)11-15(13)22-5-2/h7-8,11H,4-6,9-10,12H2,1-3H3,(H2,18,19,20). The van der Waals surface area contributed by atoms with Crippen LogP contribution in [0.15, 0.2) is 23.2 Å². The Morgan fingerprint density at radius 1 is 1.23 bits per heavy atom. The molecule has 0 aliphatic rings. The van der Waals surface area contributed by atoms with Gasteiger partial charge >= 0.3 is 0 Å². The van der Waals surface area contributed by atoms with Gasteiger partial charge in [-0.25, -0.2) is 0 Å². The van der Waals surface area contributed by atoms with E-state index in [0.29, 0.717) is 18.2 Å². The molecule has 0 fully saturated rings. The first-order chi connectivity index (χ1) is 10.7. The zero-order valence-electron chi connectivity index (χ0n) is 13.6. The molecule has 0 unspecified atom stereocenters. The lowest BCUT2D eigenvalue weighted by atomic mass is 10.2. The van der Waals surface area contributed by atoms with Crippen molar-refractivity contribution in [2.45, 2.75) is 26.8 Å². The molecule has 0 saturated heterocycles. The lowest BCUT2D eigenvalue weighted by molar-refractivity contribution is 0.145. The van der Waals surface area contributed by atoms with Crippen LogP contribution in [0.5, 0.6) is 5.75 Å². The van der Waals surface area contributed by atoms with Crippen LogP contribution in [-0.4, -0.2) is 39.4 Å². The summed E-state index contributed by atoms with van der Waals surface area (Å²) in [5.41, 5.74) is 1.04. The monoisotopic (exact) mass is 327 g/mol. The van der Waals surface area contributed by atoms with Crippen LogP contribution in [0.2, 0.25) is 5.02 Å². The van der Waals surface area contributed by atoms with Crippen molar-refractivity contribution in [1.82, 2.24) is 10.6 Å². The predicted octanol–water partition coefficient (Wildman–Crippen LogP) is 2.83. The molecule has 0 atom stereocenters. The van der Waals surface area contributed by atoms with E-state index < -0.39 is 0 Å². The summed E-state index contributed by atoms with van der Waals surface area (Å²) < 4.78 is 10.9. The van der Waals surface area contributed by atoms with E-state index in [1.54, 1.807) is 7.05 Å². The summed E-state index contributed by atoms with van der Waals surface area (Å²) in [6.07, 6.45) is 0.944. The third-order valence-corrected chi connectivity index (χ3v) is 3.20. The van der Waals surface area contributed by atoms with E-state index in [2.05, 4.69) is 15.6 Å². The Bertz CT molecular complexity index is 467. The highest BCUT2D eigenvalue weighted by Crippen LogP contribution is 2.23. The Kier molecular flexibility index (Phi) is 9.42. The number of nitrogens with zero attached hydrogens (tertiary/aromatic N) is 1. The van der Waals surface area contributed by atoms with Crippen LogP contribution in [0.1, 0.15) is 25.8 Å². The van der Waals surface area contributed by atoms with Crippen LogP contribution >= 0.6 is 11.6 Å². The Balaban J connectivity index is 2.46. The molecule has 0 radical (unpaired) electrons. The van der Waals surface area contributed by atoms with Crippen LogP contribution in [-0.2, 0) is 11.3 Å². The maximum absolute atomic E-state index is 6.00. The molecule has 0 bridgehead atoms. The summed E-state index contributed by atoms with van der Waals surface area (Å²) in [6, 6.07) is 5.66. The lowest BCUT2D eigenvalue weighted by Gasteiger charge is -2.14. The number of halogens is 1. The zero-order chi connectivity index (χ0) is 16.2. The van der Waals surface area contributed by atoms with Gasteiger partial charge in [-0.3, -0.25) is 4.99 Å². The van der Waals surface area contributed by atoms with Gasteiger partial charge in [0.2, 0.25) is 0 Å². The largest absolute Gasteiger partial charge is 0.493 e. The summed E-state index contributed by atoms with van der Waals surface area (Å²) in [7, 11) is 1.75. The Morgan fingerprint density at radius 2 is 2.05 bits per heavy atom. The van der Waals surface area contributed by atoms with Crippen molar-refractivity contribution in [3.8, 4) is 5.75 Å². The van der Waals surface area contributed by atoms with E-state index in [-0.39, 0.29) is 0 Å². The van der Waals surface area contributed by atoms with Crippen LogP contribution in [0.25, 0.3) is 0 Å². The Hall–Kier alpha value is -1.46.